The summed E-state index contributed by atoms with van der Waals surface area (Å²) in [7, 11) is 1.66. The first-order chi connectivity index (χ1) is 11.2. The lowest BCUT2D eigenvalue weighted by molar-refractivity contribution is -0.0353. The predicted octanol–water partition coefficient (Wildman–Crippen LogP) is 3.64. The number of methoxy groups -OCH3 is 1. The van der Waals surface area contributed by atoms with Gasteiger partial charge in [0.25, 0.3) is 0 Å². The Balaban J connectivity index is 0.00000208. The first-order valence-electron chi connectivity index (χ1n) is 8.33. The summed E-state index contributed by atoms with van der Waals surface area (Å²) in [6, 6.07) is 18.4. The molecule has 0 spiro atoms. The molecule has 1 aliphatic rings. The molecule has 1 heterocycles. The minimum absolute atomic E-state index is 0. The maximum absolute atomic E-state index is 11.1. The minimum Gasteiger partial charge on any atom is -0.497 e. The molecular formula is C20H26ClNO2. The van der Waals surface area contributed by atoms with Gasteiger partial charge in [-0.1, -0.05) is 42.5 Å². The van der Waals surface area contributed by atoms with E-state index in [2.05, 4.69) is 29.2 Å². The third-order valence-corrected chi connectivity index (χ3v) is 4.72. The fourth-order valence-corrected chi connectivity index (χ4v) is 3.39. The van der Waals surface area contributed by atoms with Crippen LogP contribution in [0, 0.1) is 0 Å². The van der Waals surface area contributed by atoms with Crippen LogP contribution in [-0.2, 0) is 12.0 Å². The van der Waals surface area contributed by atoms with Crippen molar-refractivity contribution in [1.82, 2.24) is 4.90 Å². The highest BCUT2D eigenvalue weighted by atomic mass is 35.5. The van der Waals surface area contributed by atoms with Gasteiger partial charge in [-0.2, -0.15) is 0 Å². The monoisotopic (exact) mass is 347 g/mol. The number of likely N-dealkylation sites (tertiary alicyclic amines) is 1. The third-order valence-electron chi connectivity index (χ3n) is 4.72. The summed E-state index contributed by atoms with van der Waals surface area (Å²) < 4.78 is 5.30. The number of piperidine rings is 1. The highest BCUT2D eigenvalue weighted by Gasteiger charge is 2.34. The number of nitrogens with zero attached hydrogens (tertiary/aromatic N) is 1. The maximum Gasteiger partial charge on any atom is 0.119 e. The van der Waals surface area contributed by atoms with Crippen LogP contribution in [0.3, 0.4) is 0 Å². The van der Waals surface area contributed by atoms with Crippen molar-refractivity contribution in [2.75, 3.05) is 26.7 Å². The van der Waals surface area contributed by atoms with Gasteiger partial charge in [0.1, 0.15) is 11.4 Å². The van der Waals surface area contributed by atoms with Gasteiger partial charge in [0, 0.05) is 13.1 Å². The number of hydrogen-bond donors (Lipinski definition) is 1. The molecule has 0 radical (unpaired) electrons. The van der Waals surface area contributed by atoms with Crippen LogP contribution < -0.4 is 4.74 Å². The highest BCUT2D eigenvalue weighted by molar-refractivity contribution is 5.85. The summed E-state index contributed by atoms with van der Waals surface area (Å²) in [5.41, 5.74) is 1.54. The summed E-state index contributed by atoms with van der Waals surface area (Å²) in [5, 5.41) is 11.1. The van der Waals surface area contributed by atoms with E-state index < -0.39 is 5.60 Å². The van der Waals surface area contributed by atoms with Crippen LogP contribution in [0.25, 0.3) is 0 Å². The second-order valence-corrected chi connectivity index (χ2v) is 6.38. The van der Waals surface area contributed by atoms with E-state index in [1.165, 1.54) is 5.56 Å². The second-order valence-electron chi connectivity index (χ2n) is 6.38. The molecule has 1 atom stereocenters. The van der Waals surface area contributed by atoms with Gasteiger partial charge in [0.15, 0.2) is 0 Å². The van der Waals surface area contributed by atoms with Gasteiger partial charge in [0.2, 0.25) is 0 Å². The molecule has 1 unspecified atom stereocenters. The van der Waals surface area contributed by atoms with E-state index in [-0.39, 0.29) is 12.4 Å². The largest absolute Gasteiger partial charge is 0.497 e. The Bertz CT molecular complexity index is 635. The smallest absolute Gasteiger partial charge is 0.119 e. The zero-order chi connectivity index (χ0) is 16.1. The zero-order valence-corrected chi connectivity index (χ0v) is 15.0. The average Bonchev–Trinajstić information content (AvgIpc) is 2.61. The molecule has 0 saturated carbocycles. The topological polar surface area (TPSA) is 32.7 Å². The van der Waals surface area contributed by atoms with Crippen LogP contribution in [0.5, 0.6) is 5.75 Å². The number of halogens is 1. The molecule has 4 heteroatoms. The van der Waals surface area contributed by atoms with Crippen molar-refractivity contribution in [3.63, 3.8) is 0 Å². The molecule has 3 nitrogen and oxygen atoms in total. The summed E-state index contributed by atoms with van der Waals surface area (Å²) in [5.74, 6) is 0.803. The fraction of sp³-hybridized carbons (Fsp3) is 0.400. The molecule has 0 bridgehead atoms. The number of rotatable bonds is 5. The Kier molecular flexibility index (Phi) is 6.67. The maximum atomic E-state index is 11.1. The molecule has 0 amide bonds. The van der Waals surface area contributed by atoms with Gasteiger partial charge in [-0.3, -0.25) is 4.90 Å². The van der Waals surface area contributed by atoms with Crippen LogP contribution in [0.2, 0.25) is 0 Å². The van der Waals surface area contributed by atoms with Crippen molar-refractivity contribution >= 4 is 12.4 Å². The van der Waals surface area contributed by atoms with Crippen LogP contribution in [0.15, 0.2) is 54.6 Å². The lowest BCUT2D eigenvalue weighted by Crippen LogP contribution is -2.46. The lowest BCUT2D eigenvalue weighted by atomic mass is 9.85. The molecule has 1 aliphatic heterocycles. The van der Waals surface area contributed by atoms with Gasteiger partial charge in [-0.05, 0) is 49.1 Å². The number of β-amino-alcohol motifs (C(OH)–C–C–N with tert-alkyl or cyclic N) is 1. The molecule has 1 fully saturated rings. The fourth-order valence-electron chi connectivity index (χ4n) is 3.39. The Hall–Kier alpha value is -1.55. The molecular weight excluding hydrogens is 322 g/mol. The summed E-state index contributed by atoms with van der Waals surface area (Å²) in [4.78, 5) is 2.37. The van der Waals surface area contributed by atoms with Gasteiger partial charge in [0.05, 0.1) is 7.11 Å². The van der Waals surface area contributed by atoms with Crippen molar-refractivity contribution in [3.05, 3.63) is 65.7 Å². The van der Waals surface area contributed by atoms with E-state index in [1.807, 2.05) is 30.3 Å². The molecule has 0 aromatic heterocycles. The molecule has 2 aromatic carbocycles. The van der Waals surface area contributed by atoms with Crippen molar-refractivity contribution in [1.29, 1.82) is 0 Å². The normalized spacial score (nSPS) is 21.1. The molecule has 1 N–H and O–H groups in total. The average molecular weight is 348 g/mol. The van der Waals surface area contributed by atoms with Crippen molar-refractivity contribution in [3.8, 4) is 5.75 Å². The van der Waals surface area contributed by atoms with Crippen LogP contribution >= 0.6 is 12.4 Å². The molecule has 0 aliphatic carbocycles. The number of aliphatic hydroxyl groups is 1. The number of ether oxygens (including phenoxy) is 1. The Morgan fingerprint density at radius 2 is 1.92 bits per heavy atom. The molecule has 130 valence electrons. The van der Waals surface area contributed by atoms with Crippen molar-refractivity contribution < 1.29 is 9.84 Å². The minimum atomic E-state index is -0.774. The molecule has 2 aromatic rings. The number of benzene rings is 2. The quantitative estimate of drug-likeness (QED) is 0.896. The van der Waals surface area contributed by atoms with Gasteiger partial charge >= 0.3 is 0 Å². The summed E-state index contributed by atoms with van der Waals surface area (Å²) in [6.07, 6.45) is 2.85. The number of hydrogen-bond acceptors (Lipinski definition) is 3. The van der Waals surface area contributed by atoms with Gasteiger partial charge in [-0.15, -0.1) is 12.4 Å². The summed E-state index contributed by atoms with van der Waals surface area (Å²) >= 11 is 0. The van der Waals surface area contributed by atoms with E-state index in [4.69, 9.17) is 4.74 Å². The van der Waals surface area contributed by atoms with E-state index in [1.54, 1.807) is 7.11 Å². The van der Waals surface area contributed by atoms with Gasteiger partial charge < -0.3 is 9.84 Å². The standard InChI is InChI=1S/C20H25NO2.ClH/c1-23-19-10-5-9-18(15-19)20(22)12-6-13-21(16-20)14-11-17-7-3-2-4-8-17;/h2-5,7-10,15,22H,6,11-14,16H2,1H3;1H. The van der Waals surface area contributed by atoms with Crippen molar-refractivity contribution in [2.45, 2.75) is 24.9 Å². The van der Waals surface area contributed by atoms with Crippen LogP contribution in [0.1, 0.15) is 24.0 Å². The first kappa shape index (κ1) is 18.8. The van der Waals surface area contributed by atoms with E-state index in [9.17, 15) is 5.11 Å². The SMILES string of the molecule is COc1cccc(C2(O)CCCN(CCc3ccccc3)C2)c1.Cl. The second kappa shape index (κ2) is 8.52. The Labute approximate surface area is 150 Å². The zero-order valence-electron chi connectivity index (χ0n) is 14.1. The Morgan fingerprint density at radius 1 is 1.12 bits per heavy atom. The highest BCUT2D eigenvalue weighted by Crippen LogP contribution is 2.33. The molecule has 3 rings (SSSR count). The van der Waals surface area contributed by atoms with E-state index in [0.29, 0.717) is 6.54 Å². The van der Waals surface area contributed by atoms with Crippen LogP contribution in [0.4, 0.5) is 0 Å². The van der Waals surface area contributed by atoms with Gasteiger partial charge in [-0.25, -0.2) is 0 Å². The van der Waals surface area contributed by atoms with Crippen molar-refractivity contribution in [2.24, 2.45) is 0 Å². The lowest BCUT2D eigenvalue weighted by Gasteiger charge is -2.39. The Morgan fingerprint density at radius 3 is 2.67 bits per heavy atom. The predicted molar refractivity (Wildman–Crippen MR) is 100.0 cm³/mol. The summed E-state index contributed by atoms with van der Waals surface area (Å²) in [6.45, 7) is 2.72. The van der Waals surface area contributed by atoms with E-state index >= 15 is 0 Å². The third kappa shape index (κ3) is 4.50. The van der Waals surface area contributed by atoms with Crippen LogP contribution in [-0.4, -0.2) is 36.8 Å². The molecule has 1 saturated heterocycles. The van der Waals surface area contributed by atoms with E-state index in [0.717, 1.165) is 43.7 Å². The molecule has 24 heavy (non-hydrogen) atoms. The first-order valence-corrected chi connectivity index (χ1v) is 8.33.